The van der Waals surface area contributed by atoms with Crippen LogP contribution >= 0.6 is 23.8 Å². The van der Waals surface area contributed by atoms with Gasteiger partial charge in [-0.1, -0.05) is 42.8 Å². The molecule has 0 bridgehead atoms. The van der Waals surface area contributed by atoms with Gasteiger partial charge in [-0.25, -0.2) is 0 Å². The Labute approximate surface area is 160 Å². The molecule has 0 saturated carbocycles. The number of nitrogens with one attached hydrogen (secondary N) is 2. The Bertz CT molecular complexity index is 706. The van der Waals surface area contributed by atoms with Gasteiger partial charge in [0.1, 0.15) is 5.75 Å². The van der Waals surface area contributed by atoms with E-state index in [1.807, 2.05) is 37.3 Å². The number of benzene rings is 2. The van der Waals surface area contributed by atoms with Crippen LogP contribution < -0.4 is 15.4 Å². The van der Waals surface area contributed by atoms with Gasteiger partial charge in [0.25, 0.3) is 0 Å². The molecule has 0 heterocycles. The number of ether oxygens (including phenoxy) is 1. The summed E-state index contributed by atoms with van der Waals surface area (Å²) in [5.41, 5.74) is 3.18. The Morgan fingerprint density at radius 2 is 2.00 bits per heavy atom. The third kappa shape index (κ3) is 6.56. The van der Waals surface area contributed by atoms with E-state index < -0.39 is 0 Å². The normalized spacial score (nSPS) is 10.4. The largest absolute Gasteiger partial charge is 0.493 e. The van der Waals surface area contributed by atoms with E-state index in [9.17, 15) is 0 Å². The van der Waals surface area contributed by atoms with Crippen LogP contribution in [-0.4, -0.2) is 18.3 Å². The van der Waals surface area contributed by atoms with Crippen molar-refractivity contribution in [1.82, 2.24) is 5.32 Å². The lowest BCUT2D eigenvalue weighted by atomic mass is 10.1. The fraction of sp³-hybridized carbons (Fsp3) is 0.350. The third-order valence-corrected chi connectivity index (χ3v) is 4.43. The van der Waals surface area contributed by atoms with Crippen LogP contribution in [0, 0.1) is 6.92 Å². The quantitative estimate of drug-likeness (QED) is 0.480. The molecule has 2 aromatic rings. The Morgan fingerprint density at radius 3 is 2.76 bits per heavy atom. The Hall–Kier alpha value is -1.78. The molecule has 0 aromatic heterocycles. The van der Waals surface area contributed by atoms with Gasteiger partial charge in [-0.15, -0.1) is 0 Å². The molecular formula is C20H25ClN2OS. The van der Waals surface area contributed by atoms with E-state index in [0.29, 0.717) is 5.11 Å². The van der Waals surface area contributed by atoms with Gasteiger partial charge in [0.05, 0.1) is 6.61 Å². The first-order valence-corrected chi connectivity index (χ1v) is 9.40. The topological polar surface area (TPSA) is 33.3 Å². The zero-order valence-corrected chi connectivity index (χ0v) is 16.3. The number of aryl methyl sites for hydroxylation is 2. The summed E-state index contributed by atoms with van der Waals surface area (Å²) in [5, 5.41) is 7.73. The molecule has 0 saturated heterocycles. The molecule has 0 aliphatic heterocycles. The van der Waals surface area contributed by atoms with E-state index in [0.717, 1.165) is 54.4 Å². The van der Waals surface area contributed by atoms with E-state index >= 15 is 0 Å². The molecule has 0 spiro atoms. The lowest BCUT2D eigenvalue weighted by Gasteiger charge is -2.13. The van der Waals surface area contributed by atoms with E-state index in [2.05, 4.69) is 29.7 Å². The molecule has 2 aromatic carbocycles. The van der Waals surface area contributed by atoms with Crippen molar-refractivity contribution in [2.45, 2.75) is 33.1 Å². The zero-order chi connectivity index (χ0) is 18.1. The molecule has 134 valence electrons. The molecule has 0 radical (unpaired) electrons. The number of halogens is 1. The lowest BCUT2D eigenvalue weighted by molar-refractivity contribution is 0.314. The van der Waals surface area contributed by atoms with Crippen molar-refractivity contribution in [2.24, 2.45) is 0 Å². The van der Waals surface area contributed by atoms with Crippen molar-refractivity contribution in [1.29, 1.82) is 0 Å². The minimum atomic E-state index is 0.607. The minimum Gasteiger partial charge on any atom is -0.493 e. The van der Waals surface area contributed by atoms with Crippen molar-refractivity contribution in [3.05, 3.63) is 58.6 Å². The van der Waals surface area contributed by atoms with Crippen molar-refractivity contribution < 1.29 is 4.74 Å². The maximum atomic E-state index is 6.13. The van der Waals surface area contributed by atoms with Gasteiger partial charge in [-0.2, -0.15) is 0 Å². The average molecular weight is 377 g/mol. The standard InChI is InChI=1S/C20H25ClN2OS/c1-3-13-24-19-9-5-4-7-16(19)8-6-12-22-20(25)23-17-11-10-15(2)18(21)14-17/h4-5,7,9-11,14H,3,6,8,12-13H2,1-2H3,(H2,22,23,25). The molecule has 0 amide bonds. The summed E-state index contributed by atoms with van der Waals surface area (Å²) in [6.45, 7) is 5.64. The molecule has 0 unspecified atom stereocenters. The van der Waals surface area contributed by atoms with E-state index in [-0.39, 0.29) is 0 Å². The van der Waals surface area contributed by atoms with Gasteiger partial charge in [0.2, 0.25) is 0 Å². The predicted octanol–water partition coefficient (Wildman–Crippen LogP) is 5.36. The summed E-state index contributed by atoms with van der Waals surface area (Å²) in [7, 11) is 0. The highest BCUT2D eigenvalue weighted by Gasteiger charge is 2.04. The first-order valence-electron chi connectivity index (χ1n) is 8.62. The first-order chi connectivity index (χ1) is 12.1. The monoisotopic (exact) mass is 376 g/mol. The second-order valence-electron chi connectivity index (χ2n) is 5.90. The minimum absolute atomic E-state index is 0.607. The molecule has 5 heteroatoms. The van der Waals surface area contributed by atoms with Crippen LogP contribution in [-0.2, 0) is 6.42 Å². The van der Waals surface area contributed by atoms with Gasteiger partial charge in [-0.3, -0.25) is 0 Å². The van der Waals surface area contributed by atoms with E-state index in [1.165, 1.54) is 5.56 Å². The van der Waals surface area contributed by atoms with Crippen molar-refractivity contribution >= 4 is 34.6 Å². The van der Waals surface area contributed by atoms with Gasteiger partial charge < -0.3 is 15.4 Å². The third-order valence-electron chi connectivity index (χ3n) is 3.77. The summed E-state index contributed by atoms with van der Waals surface area (Å²) >= 11 is 11.5. The smallest absolute Gasteiger partial charge is 0.170 e. The maximum absolute atomic E-state index is 6.13. The summed E-state index contributed by atoms with van der Waals surface area (Å²) in [6.07, 6.45) is 2.94. The molecule has 0 fully saturated rings. The maximum Gasteiger partial charge on any atom is 0.170 e. The van der Waals surface area contributed by atoms with E-state index in [4.69, 9.17) is 28.6 Å². The van der Waals surface area contributed by atoms with Gasteiger partial charge in [0, 0.05) is 17.3 Å². The van der Waals surface area contributed by atoms with Crippen LogP contribution in [0.1, 0.15) is 30.9 Å². The molecule has 25 heavy (non-hydrogen) atoms. The van der Waals surface area contributed by atoms with Crippen LogP contribution in [0.4, 0.5) is 5.69 Å². The second-order valence-corrected chi connectivity index (χ2v) is 6.72. The Balaban J connectivity index is 1.75. The second kappa shape index (κ2) is 10.3. The highest BCUT2D eigenvalue weighted by molar-refractivity contribution is 7.80. The molecule has 0 atom stereocenters. The number of rotatable bonds is 8. The highest BCUT2D eigenvalue weighted by Crippen LogP contribution is 2.20. The Kier molecular flexibility index (Phi) is 8.02. The summed E-state index contributed by atoms with van der Waals surface area (Å²) in [4.78, 5) is 0. The number of hydrogen-bond acceptors (Lipinski definition) is 2. The van der Waals surface area contributed by atoms with Gasteiger partial charge in [-0.05, 0) is 67.7 Å². The van der Waals surface area contributed by atoms with Crippen LogP contribution in [0.2, 0.25) is 5.02 Å². The van der Waals surface area contributed by atoms with Crippen molar-refractivity contribution in [3.63, 3.8) is 0 Å². The van der Waals surface area contributed by atoms with Gasteiger partial charge >= 0.3 is 0 Å². The van der Waals surface area contributed by atoms with Crippen LogP contribution in [0.15, 0.2) is 42.5 Å². The SMILES string of the molecule is CCCOc1ccccc1CCCNC(=S)Nc1ccc(C)c(Cl)c1. The molecule has 2 rings (SSSR count). The predicted molar refractivity (Wildman–Crippen MR) is 111 cm³/mol. The first kappa shape index (κ1) is 19.5. The fourth-order valence-electron chi connectivity index (χ4n) is 2.39. The molecule has 0 aliphatic carbocycles. The molecule has 3 nitrogen and oxygen atoms in total. The fourth-order valence-corrected chi connectivity index (χ4v) is 2.79. The number of anilines is 1. The summed E-state index contributed by atoms with van der Waals surface area (Å²) in [5.74, 6) is 0.986. The number of hydrogen-bond donors (Lipinski definition) is 2. The van der Waals surface area contributed by atoms with Crippen LogP contribution in [0.25, 0.3) is 0 Å². The molecule has 2 N–H and O–H groups in total. The zero-order valence-electron chi connectivity index (χ0n) is 14.8. The van der Waals surface area contributed by atoms with Crippen molar-refractivity contribution in [2.75, 3.05) is 18.5 Å². The Morgan fingerprint density at radius 1 is 1.20 bits per heavy atom. The summed E-state index contributed by atoms with van der Waals surface area (Å²) < 4.78 is 5.79. The van der Waals surface area contributed by atoms with Crippen LogP contribution in [0.3, 0.4) is 0 Å². The van der Waals surface area contributed by atoms with Crippen LogP contribution in [0.5, 0.6) is 5.75 Å². The lowest BCUT2D eigenvalue weighted by Crippen LogP contribution is -2.29. The number of para-hydroxylation sites is 1. The molecule has 0 aliphatic rings. The number of thiocarbonyl (C=S) groups is 1. The highest BCUT2D eigenvalue weighted by atomic mass is 35.5. The average Bonchev–Trinajstić information content (AvgIpc) is 2.61. The van der Waals surface area contributed by atoms with E-state index in [1.54, 1.807) is 0 Å². The van der Waals surface area contributed by atoms with Crippen molar-refractivity contribution in [3.8, 4) is 5.75 Å². The summed E-state index contributed by atoms with van der Waals surface area (Å²) in [6, 6.07) is 14.0. The molecular weight excluding hydrogens is 352 g/mol. The van der Waals surface area contributed by atoms with Gasteiger partial charge in [0.15, 0.2) is 5.11 Å².